The van der Waals surface area contributed by atoms with Crippen molar-refractivity contribution in [1.82, 2.24) is 4.98 Å². The van der Waals surface area contributed by atoms with Crippen LogP contribution in [-0.2, 0) is 16.4 Å². The van der Waals surface area contributed by atoms with E-state index in [0.717, 1.165) is 22.8 Å². The van der Waals surface area contributed by atoms with E-state index in [1.165, 1.54) is 23.5 Å². The molecule has 20 heavy (non-hydrogen) atoms. The zero-order valence-electron chi connectivity index (χ0n) is 10.5. The molecule has 2 aromatic rings. The minimum Gasteiger partial charge on any atom is -0.379 e. The largest absolute Gasteiger partial charge is 0.379 e. The van der Waals surface area contributed by atoms with Crippen molar-refractivity contribution in [3.05, 3.63) is 40.3 Å². The van der Waals surface area contributed by atoms with E-state index in [1.54, 1.807) is 0 Å². The van der Waals surface area contributed by atoms with E-state index in [-0.39, 0.29) is 4.90 Å². The minimum atomic E-state index is -4.53. The molecule has 0 spiro atoms. The molecule has 1 N–H and O–H groups in total. The van der Waals surface area contributed by atoms with Crippen molar-refractivity contribution in [2.24, 2.45) is 0 Å². The van der Waals surface area contributed by atoms with E-state index in [2.05, 4.69) is 10.3 Å². The molecule has 0 aliphatic carbocycles. The average molecular weight is 318 g/mol. The molecule has 0 saturated heterocycles. The second-order valence-corrected chi connectivity index (χ2v) is 6.93. The van der Waals surface area contributed by atoms with Crippen LogP contribution in [0.5, 0.6) is 0 Å². The highest BCUT2D eigenvalue weighted by atomic mass is 32.2. The molecule has 1 aromatic heterocycles. The lowest BCUT2D eigenvalue weighted by molar-refractivity contribution is 0.234. The molecule has 2 rings (SSSR count). The maximum atomic E-state index is 12.4. The molecular weight excluding hydrogens is 306 g/mol. The summed E-state index contributed by atoms with van der Waals surface area (Å²) in [5.41, 5.74) is 1.58. The van der Waals surface area contributed by atoms with Crippen LogP contribution in [0.2, 0.25) is 0 Å². The van der Waals surface area contributed by atoms with Crippen LogP contribution in [0.15, 0.2) is 34.5 Å². The summed E-state index contributed by atoms with van der Waals surface area (Å²) in [5, 5.41) is 5.87. The maximum Gasteiger partial charge on any atom is 0.341 e. The van der Waals surface area contributed by atoms with Crippen LogP contribution < -0.4 is 5.32 Å². The summed E-state index contributed by atoms with van der Waals surface area (Å²) < 4.78 is 47.2. The van der Waals surface area contributed by atoms with Gasteiger partial charge in [-0.1, -0.05) is 0 Å². The minimum absolute atomic E-state index is 0.386. The summed E-state index contributed by atoms with van der Waals surface area (Å²) in [5.74, 6) is -3.40. The molecule has 0 unspecified atom stereocenters. The van der Waals surface area contributed by atoms with Crippen LogP contribution in [0, 0.1) is 6.92 Å². The molecule has 108 valence electrons. The molecule has 0 atom stereocenters. The predicted octanol–water partition coefficient (Wildman–Crippen LogP) is 3.06. The Morgan fingerprint density at radius 2 is 1.95 bits per heavy atom. The highest BCUT2D eigenvalue weighted by Crippen LogP contribution is 2.20. The zero-order valence-corrected chi connectivity index (χ0v) is 12.1. The van der Waals surface area contributed by atoms with Crippen LogP contribution in [0.25, 0.3) is 0 Å². The van der Waals surface area contributed by atoms with Gasteiger partial charge < -0.3 is 5.32 Å². The fourth-order valence-corrected chi connectivity index (χ4v) is 2.96. The molecule has 0 radical (unpaired) electrons. The van der Waals surface area contributed by atoms with Crippen molar-refractivity contribution in [2.45, 2.75) is 24.1 Å². The second-order valence-electron chi connectivity index (χ2n) is 4.07. The van der Waals surface area contributed by atoms with E-state index in [1.807, 2.05) is 12.3 Å². The van der Waals surface area contributed by atoms with Gasteiger partial charge >= 0.3 is 5.76 Å². The van der Waals surface area contributed by atoms with Gasteiger partial charge in [0.25, 0.3) is 0 Å². The monoisotopic (exact) mass is 318 g/mol. The van der Waals surface area contributed by atoms with Crippen molar-refractivity contribution in [2.75, 3.05) is 5.32 Å². The standard InChI is InChI=1S/C12H12F2N2O2S2/c1-8-7-19-11(16-8)6-15-9-2-4-10(5-3-9)20(17,18)12(13)14/h2-5,7,12,15H,6H2,1H3. The van der Waals surface area contributed by atoms with Gasteiger partial charge in [-0.25, -0.2) is 13.4 Å². The van der Waals surface area contributed by atoms with Gasteiger partial charge in [0, 0.05) is 16.8 Å². The summed E-state index contributed by atoms with van der Waals surface area (Å²) in [7, 11) is -4.53. The van der Waals surface area contributed by atoms with Crippen molar-refractivity contribution in [3.8, 4) is 0 Å². The number of hydrogen-bond acceptors (Lipinski definition) is 5. The number of alkyl halides is 2. The number of rotatable bonds is 5. The Bertz CT molecular complexity index is 682. The van der Waals surface area contributed by atoms with Gasteiger partial charge in [0.15, 0.2) is 0 Å². The first kappa shape index (κ1) is 14.9. The van der Waals surface area contributed by atoms with Crippen LogP contribution in [0.3, 0.4) is 0 Å². The first-order valence-electron chi connectivity index (χ1n) is 5.66. The zero-order chi connectivity index (χ0) is 14.8. The number of thiazole rings is 1. The lowest BCUT2D eigenvalue weighted by Crippen LogP contribution is -2.11. The summed E-state index contributed by atoms with van der Waals surface area (Å²) >= 11 is 1.51. The molecule has 0 aliphatic rings. The molecular formula is C12H12F2N2O2S2. The fourth-order valence-electron chi connectivity index (χ4n) is 1.53. The SMILES string of the molecule is Cc1csc(CNc2ccc(S(=O)(=O)C(F)F)cc2)n1. The van der Waals surface area contributed by atoms with E-state index in [9.17, 15) is 17.2 Å². The highest BCUT2D eigenvalue weighted by Gasteiger charge is 2.26. The molecule has 0 amide bonds. The fraction of sp³-hybridized carbons (Fsp3) is 0.250. The van der Waals surface area contributed by atoms with E-state index < -0.39 is 15.6 Å². The summed E-state index contributed by atoms with van der Waals surface area (Å²) in [4.78, 5) is 3.88. The molecule has 0 bridgehead atoms. The van der Waals surface area contributed by atoms with Gasteiger partial charge in [-0.2, -0.15) is 8.78 Å². The Balaban J connectivity index is 2.05. The number of nitrogens with zero attached hydrogens (tertiary/aromatic N) is 1. The van der Waals surface area contributed by atoms with Gasteiger partial charge in [0.1, 0.15) is 5.01 Å². The van der Waals surface area contributed by atoms with Crippen LogP contribution in [0.1, 0.15) is 10.7 Å². The van der Waals surface area contributed by atoms with E-state index in [0.29, 0.717) is 12.2 Å². The molecule has 0 aliphatic heterocycles. The normalized spacial score (nSPS) is 11.8. The Kier molecular flexibility index (Phi) is 4.34. The Morgan fingerprint density at radius 3 is 2.45 bits per heavy atom. The first-order valence-corrected chi connectivity index (χ1v) is 8.09. The topological polar surface area (TPSA) is 59.1 Å². The first-order chi connectivity index (χ1) is 9.39. The number of hydrogen-bond donors (Lipinski definition) is 1. The van der Waals surface area contributed by atoms with Crippen molar-refractivity contribution in [3.63, 3.8) is 0 Å². The Morgan fingerprint density at radius 1 is 1.30 bits per heavy atom. The van der Waals surface area contributed by atoms with Crippen LogP contribution in [-0.4, -0.2) is 19.2 Å². The van der Waals surface area contributed by atoms with Crippen LogP contribution in [0.4, 0.5) is 14.5 Å². The molecule has 1 heterocycles. The average Bonchev–Trinajstić information content (AvgIpc) is 2.82. The van der Waals surface area contributed by atoms with Gasteiger partial charge in [0.05, 0.1) is 11.4 Å². The summed E-state index contributed by atoms with van der Waals surface area (Å²) in [6.07, 6.45) is 0. The van der Waals surface area contributed by atoms with E-state index in [4.69, 9.17) is 0 Å². The lowest BCUT2D eigenvalue weighted by Gasteiger charge is -2.06. The number of halogens is 2. The predicted molar refractivity (Wildman–Crippen MR) is 73.8 cm³/mol. The molecule has 0 saturated carbocycles. The molecule has 4 nitrogen and oxygen atoms in total. The number of anilines is 1. The summed E-state index contributed by atoms with van der Waals surface area (Å²) in [6.45, 7) is 2.39. The van der Waals surface area contributed by atoms with Gasteiger partial charge in [-0.15, -0.1) is 11.3 Å². The number of benzene rings is 1. The number of aromatic nitrogens is 1. The highest BCUT2D eigenvalue weighted by molar-refractivity contribution is 7.91. The van der Waals surface area contributed by atoms with Crippen molar-refractivity contribution < 1.29 is 17.2 Å². The third-order valence-electron chi connectivity index (χ3n) is 2.53. The van der Waals surface area contributed by atoms with Gasteiger partial charge in [-0.05, 0) is 31.2 Å². The molecule has 1 aromatic carbocycles. The number of sulfone groups is 1. The number of nitrogens with one attached hydrogen (secondary N) is 1. The molecule has 0 fully saturated rings. The maximum absolute atomic E-state index is 12.4. The Hall–Kier alpha value is -1.54. The van der Waals surface area contributed by atoms with Gasteiger partial charge in [0.2, 0.25) is 9.84 Å². The van der Waals surface area contributed by atoms with Crippen LogP contribution >= 0.6 is 11.3 Å². The second kappa shape index (κ2) is 5.84. The molecule has 8 heteroatoms. The quantitative estimate of drug-likeness (QED) is 0.920. The smallest absolute Gasteiger partial charge is 0.341 e. The van der Waals surface area contributed by atoms with Gasteiger partial charge in [-0.3, -0.25) is 0 Å². The van der Waals surface area contributed by atoms with Crippen molar-refractivity contribution >= 4 is 26.9 Å². The third kappa shape index (κ3) is 3.31. The lowest BCUT2D eigenvalue weighted by atomic mass is 10.3. The Labute approximate surface area is 119 Å². The third-order valence-corrected chi connectivity index (χ3v) is 4.89. The van der Waals surface area contributed by atoms with E-state index >= 15 is 0 Å². The number of aryl methyl sites for hydroxylation is 1. The summed E-state index contributed by atoms with van der Waals surface area (Å²) in [6, 6.07) is 5.24. The van der Waals surface area contributed by atoms with Crippen molar-refractivity contribution in [1.29, 1.82) is 0 Å².